The number of fused-ring (bicyclic) bond motifs is 1. The van der Waals surface area contributed by atoms with Crippen molar-refractivity contribution in [2.24, 2.45) is 0 Å². The Balaban J connectivity index is 2.38. The number of methoxy groups -OCH3 is 1. The van der Waals surface area contributed by atoms with Crippen LogP contribution in [0.5, 0.6) is 5.75 Å². The molecule has 0 unspecified atom stereocenters. The van der Waals surface area contributed by atoms with Crippen LogP contribution in [0.1, 0.15) is 41.3 Å². The molecule has 0 fully saturated rings. The Kier molecular flexibility index (Phi) is 4.20. The van der Waals surface area contributed by atoms with E-state index in [1.165, 1.54) is 12.7 Å². The lowest BCUT2D eigenvalue weighted by atomic mass is 9.89. The summed E-state index contributed by atoms with van der Waals surface area (Å²) in [6.45, 7) is 1.87. The molecular weight excluding hydrogens is 244 g/mol. The molecule has 1 aromatic rings. The molecule has 0 aromatic heterocycles. The number of hydrogen-bond acceptors (Lipinski definition) is 4. The minimum Gasteiger partial charge on any atom is -0.496 e. The van der Waals surface area contributed by atoms with Gasteiger partial charge in [0.15, 0.2) is 0 Å². The van der Waals surface area contributed by atoms with Crippen LogP contribution in [-0.2, 0) is 22.4 Å². The second-order valence-electron chi connectivity index (χ2n) is 4.58. The highest BCUT2D eigenvalue weighted by Crippen LogP contribution is 2.29. The van der Waals surface area contributed by atoms with E-state index in [1.54, 1.807) is 13.0 Å². The van der Waals surface area contributed by atoms with Gasteiger partial charge in [0.25, 0.3) is 5.78 Å². The highest BCUT2D eigenvalue weighted by atomic mass is 16.5. The quantitative estimate of drug-likeness (QED) is 0.474. The summed E-state index contributed by atoms with van der Waals surface area (Å²) in [6.07, 6.45) is 4.22. The van der Waals surface area contributed by atoms with E-state index in [0.717, 1.165) is 31.2 Å². The van der Waals surface area contributed by atoms with Crippen LogP contribution in [0, 0.1) is 0 Å². The Hall–Kier alpha value is -1.84. The van der Waals surface area contributed by atoms with E-state index in [2.05, 4.69) is 0 Å². The summed E-state index contributed by atoms with van der Waals surface area (Å²) in [4.78, 5) is 23.6. The average Bonchev–Trinajstić information content (AvgIpc) is 2.45. The van der Waals surface area contributed by atoms with Crippen molar-refractivity contribution in [2.45, 2.75) is 32.6 Å². The Labute approximate surface area is 112 Å². The van der Waals surface area contributed by atoms with Crippen molar-refractivity contribution in [1.82, 2.24) is 0 Å². The molecule has 1 aliphatic carbocycles. The van der Waals surface area contributed by atoms with Gasteiger partial charge in [-0.2, -0.15) is 0 Å². The smallest absolute Gasteiger partial charge is 0.379 e. The van der Waals surface area contributed by atoms with Gasteiger partial charge in [-0.1, -0.05) is 0 Å². The number of benzene rings is 1. The number of ether oxygens (including phenoxy) is 2. The number of ketones is 1. The lowest BCUT2D eigenvalue weighted by Gasteiger charge is -2.18. The topological polar surface area (TPSA) is 52.6 Å². The lowest BCUT2D eigenvalue weighted by molar-refractivity contribution is -0.137. The van der Waals surface area contributed by atoms with Crippen molar-refractivity contribution >= 4 is 11.8 Å². The Morgan fingerprint density at radius 1 is 1.16 bits per heavy atom. The molecule has 0 saturated heterocycles. The van der Waals surface area contributed by atoms with E-state index >= 15 is 0 Å². The molecule has 0 heterocycles. The first-order chi connectivity index (χ1) is 9.17. The third kappa shape index (κ3) is 2.78. The molecule has 0 radical (unpaired) electrons. The maximum absolute atomic E-state index is 12.0. The standard InChI is InChI=1S/C15H18O4/c1-3-19-15(17)14(16)12-8-10-6-4-5-7-11(10)9-13(12)18-2/h8-9H,3-7H2,1-2H3. The van der Waals surface area contributed by atoms with Crippen molar-refractivity contribution in [3.8, 4) is 5.75 Å². The van der Waals surface area contributed by atoms with E-state index in [-0.39, 0.29) is 6.61 Å². The van der Waals surface area contributed by atoms with Gasteiger partial charge in [-0.25, -0.2) is 4.79 Å². The van der Waals surface area contributed by atoms with Gasteiger partial charge in [0.1, 0.15) is 5.75 Å². The van der Waals surface area contributed by atoms with Crippen LogP contribution >= 0.6 is 0 Å². The highest BCUT2D eigenvalue weighted by Gasteiger charge is 2.24. The molecule has 1 aliphatic rings. The summed E-state index contributed by atoms with van der Waals surface area (Å²) in [7, 11) is 1.51. The third-order valence-electron chi connectivity index (χ3n) is 3.37. The fraction of sp³-hybridized carbons (Fsp3) is 0.467. The summed E-state index contributed by atoms with van der Waals surface area (Å²) in [5.74, 6) is -0.998. The molecule has 2 rings (SSSR count). The van der Waals surface area contributed by atoms with Crippen LogP contribution < -0.4 is 4.74 Å². The van der Waals surface area contributed by atoms with Gasteiger partial charge in [0.05, 0.1) is 19.3 Å². The normalized spacial score (nSPS) is 13.6. The zero-order valence-corrected chi connectivity index (χ0v) is 11.3. The third-order valence-corrected chi connectivity index (χ3v) is 3.37. The molecular formula is C15H18O4. The Morgan fingerprint density at radius 2 is 1.79 bits per heavy atom. The number of carbonyl (C=O) groups excluding carboxylic acids is 2. The minimum atomic E-state index is -0.823. The number of aryl methyl sites for hydroxylation is 2. The van der Waals surface area contributed by atoms with Gasteiger partial charge < -0.3 is 9.47 Å². The fourth-order valence-corrected chi connectivity index (χ4v) is 2.42. The first kappa shape index (κ1) is 13.6. The van der Waals surface area contributed by atoms with Crippen LogP contribution in [0.3, 0.4) is 0 Å². The highest BCUT2D eigenvalue weighted by molar-refractivity contribution is 6.41. The molecule has 0 bridgehead atoms. The van der Waals surface area contributed by atoms with E-state index in [1.807, 2.05) is 6.07 Å². The summed E-state index contributed by atoms with van der Waals surface area (Å²) in [5, 5.41) is 0. The predicted octanol–water partition coefficient (Wildman–Crippen LogP) is 2.32. The Bertz CT molecular complexity index is 505. The van der Waals surface area contributed by atoms with Gasteiger partial charge in [0.2, 0.25) is 0 Å². The molecule has 4 heteroatoms. The number of Topliss-reactive ketones (excluding diaryl/α,β-unsaturated/α-hetero) is 1. The molecule has 19 heavy (non-hydrogen) atoms. The van der Waals surface area contributed by atoms with Crippen LogP contribution in [0.4, 0.5) is 0 Å². The van der Waals surface area contributed by atoms with Crippen LogP contribution in [0.25, 0.3) is 0 Å². The van der Waals surface area contributed by atoms with Crippen molar-refractivity contribution in [3.05, 3.63) is 28.8 Å². The van der Waals surface area contributed by atoms with Crippen molar-refractivity contribution in [1.29, 1.82) is 0 Å². The molecule has 0 amide bonds. The average molecular weight is 262 g/mol. The summed E-state index contributed by atoms with van der Waals surface area (Å²) >= 11 is 0. The van der Waals surface area contributed by atoms with Crippen molar-refractivity contribution in [3.63, 3.8) is 0 Å². The van der Waals surface area contributed by atoms with E-state index < -0.39 is 11.8 Å². The van der Waals surface area contributed by atoms with E-state index in [4.69, 9.17) is 9.47 Å². The van der Waals surface area contributed by atoms with Gasteiger partial charge in [-0.15, -0.1) is 0 Å². The summed E-state index contributed by atoms with van der Waals surface area (Å²) in [5.41, 5.74) is 2.66. The second kappa shape index (κ2) is 5.87. The minimum absolute atomic E-state index is 0.192. The fourth-order valence-electron chi connectivity index (χ4n) is 2.42. The summed E-state index contributed by atoms with van der Waals surface area (Å²) < 4.78 is 9.99. The van der Waals surface area contributed by atoms with Crippen LogP contribution in [0.2, 0.25) is 0 Å². The first-order valence-corrected chi connectivity index (χ1v) is 6.58. The first-order valence-electron chi connectivity index (χ1n) is 6.58. The zero-order chi connectivity index (χ0) is 13.8. The molecule has 102 valence electrons. The summed E-state index contributed by atoms with van der Waals surface area (Å²) in [6, 6.07) is 3.66. The molecule has 0 N–H and O–H groups in total. The van der Waals surface area contributed by atoms with Crippen LogP contribution in [-0.4, -0.2) is 25.5 Å². The van der Waals surface area contributed by atoms with Gasteiger partial charge in [-0.3, -0.25) is 4.79 Å². The number of hydrogen-bond donors (Lipinski definition) is 0. The number of rotatable bonds is 4. The number of carbonyl (C=O) groups is 2. The molecule has 0 saturated carbocycles. The van der Waals surface area contributed by atoms with Gasteiger partial charge in [0, 0.05) is 0 Å². The predicted molar refractivity (Wildman–Crippen MR) is 70.6 cm³/mol. The molecule has 0 atom stereocenters. The van der Waals surface area contributed by atoms with E-state index in [9.17, 15) is 9.59 Å². The van der Waals surface area contributed by atoms with Crippen molar-refractivity contribution in [2.75, 3.05) is 13.7 Å². The molecule has 1 aromatic carbocycles. The van der Waals surface area contributed by atoms with Gasteiger partial charge in [-0.05, 0) is 55.9 Å². The monoisotopic (exact) mass is 262 g/mol. The Morgan fingerprint density at radius 3 is 2.37 bits per heavy atom. The lowest BCUT2D eigenvalue weighted by Crippen LogP contribution is -2.19. The molecule has 0 spiro atoms. The molecule has 4 nitrogen and oxygen atoms in total. The molecule has 0 aliphatic heterocycles. The zero-order valence-electron chi connectivity index (χ0n) is 11.3. The largest absolute Gasteiger partial charge is 0.496 e. The number of esters is 1. The van der Waals surface area contributed by atoms with Crippen molar-refractivity contribution < 1.29 is 19.1 Å². The second-order valence-corrected chi connectivity index (χ2v) is 4.58. The maximum atomic E-state index is 12.0. The van der Waals surface area contributed by atoms with Gasteiger partial charge >= 0.3 is 5.97 Å². The SMILES string of the molecule is CCOC(=O)C(=O)c1cc2c(cc1OC)CCCC2. The van der Waals surface area contributed by atoms with Crippen LogP contribution in [0.15, 0.2) is 12.1 Å². The van der Waals surface area contributed by atoms with E-state index in [0.29, 0.717) is 11.3 Å². The maximum Gasteiger partial charge on any atom is 0.379 e.